The highest BCUT2D eigenvalue weighted by atomic mass is 32.1. The molecule has 0 unspecified atom stereocenters. The maximum atomic E-state index is 5.02. The summed E-state index contributed by atoms with van der Waals surface area (Å²) >= 11 is 5.02. The number of nitrogens with one attached hydrogen (secondary N) is 1. The molecule has 1 aromatic carbocycles. The summed E-state index contributed by atoms with van der Waals surface area (Å²) < 4.78 is 2.48. The van der Waals surface area contributed by atoms with Gasteiger partial charge in [0.2, 0.25) is 4.77 Å². The Morgan fingerprint density at radius 1 is 1.29 bits per heavy atom. The van der Waals surface area contributed by atoms with Gasteiger partial charge in [0.25, 0.3) is 0 Å². The smallest absolute Gasteiger partial charge is 0.215 e. The van der Waals surface area contributed by atoms with E-state index in [4.69, 9.17) is 12.2 Å². The van der Waals surface area contributed by atoms with Gasteiger partial charge in [0, 0.05) is 6.54 Å². The molecule has 0 aliphatic rings. The molecule has 0 aliphatic carbocycles. The molecule has 0 bridgehead atoms. The molecule has 0 amide bonds. The normalized spacial score (nSPS) is 10.3. The molecule has 3 nitrogen and oxygen atoms in total. The molecule has 0 fully saturated rings. The Morgan fingerprint density at radius 3 is 2.71 bits per heavy atom. The molecule has 0 aliphatic heterocycles. The van der Waals surface area contributed by atoms with E-state index in [0.29, 0.717) is 4.77 Å². The van der Waals surface area contributed by atoms with Crippen LogP contribution in [-0.2, 0) is 13.0 Å². The number of benzene rings is 1. The number of hydrogen-bond acceptors (Lipinski definition) is 2. The van der Waals surface area contributed by atoms with Crippen molar-refractivity contribution in [3.05, 3.63) is 47.0 Å². The summed E-state index contributed by atoms with van der Waals surface area (Å²) in [5.41, 5.74) is 1.31. The summed E-state index contributed by atoms with van der Waals surface area (Å²) in [5.74, 6) is 0. The van der Waals surface area contributed by atoms with Crippen molar-refractivity contribution >= 4 is 12.2 Å². The first-order valence-corrected chi connectivity index (χ1v) is 4.91. The van der Waals surface area contributed by atoms with Crippen molar-refractivity contribution in [2.75, 3.05) is 0 Å². The monoisotopic (exact) mass is 205 g/mol. The van der Waals surface area contributed by atoms with Crippen LogP contribution in [0.15, 0.2) is 36.7 Å². The zero-order valence-corrected chi connectivity index (χ0v) is 8.50. The SMILES string of the molecule is S=c1nc[nH]n1CCc1ccccc1. The summed E-state index contributed by atoms with van der Waals surface area (Å²) in [5, 5.41) is 2.98. The fraction of sp³-hybridized carbons (Fsp3) is 0.200. The summed E-state index contributed by atoms with van der Waals surface area (Å²) in [6, 6.07) is 10.3. The highest BCUT2D eigenvalue weighted by Gasteiger charge is 1.95. The Kier molecular flexibility index (Phi) is 2.74. The third-order valence-corrected chi connectivity index (χ3v) is 2.41. The van der Waals surface area contributed by atoms with Crippen LogP contribution in [0.3, 0.4) is 0 Å². The van der Waals surface area contributed by atoms with Gasteiger partial charge in [0.1, 0.15) is 6.33 Å². The van der Waals surface area contributed by atoms with Gasteiger partial charge in [-0.15, -0.1) is 0 Å². The number of aromatic amines is 1. The molecular formula is C10H11N3S. The Balaban J connectivity index is 2.02. The standard InChI is InChI=1S/C10H11N3S/c14-10-11-8-12-13(10)7-6-9-4-2-1-3-5-9/h1-5,8H,6-7H2,(H,11,12,14). The predicted octanol–water partition coefficient (Wildman–Crippen LogP) is 2.18. The van der Waals surface area contributed by atoms with Gasteiger partial charge >= 0.3 is 0 Å². The predicted molar refractivity (Wildman–Crippen MR) is 57.6 cm³/mol. The molecule has 0 radical (unpaired) electrons. The maximum Gasteiger partial charge on any atom is 0.215 e. The van der Waals surface area contributed by atoms with Crippen LogP contribution in [0.5, 0.6) is 0 Å². The van der Waals surface area contributed by atoms with Crippen molar-refractivity contribution in [3.8, 4) is 0 Å². The lowest BCUT2D eigenvalue weighted by atomic mass is 10.2. The average Bonchev–Trinajstić information content (AvgIpc) is 2.63. The number of hydrogen-bond donors (Lipinski definition) is 1. The zero-order valence-electron chi connectivity index (χ0n) is 7.68. The third-order valence-electron chi connectivity index (χ3n) is 2.09. The van der Waals surface area contributed by atoms with E-state index in [0.717, 1.165) is 13.0 Å². The average molecular weight is 205 g/mol. The van der Waals surface area contributed by atoms with Gasteiger partial charge in [-0.05, 0) is 24.2 Å². The maximum absolute atomic E-state index is 5.02. The zero-order chi connectivity index (χ0) is 9.80. The Hall–Kier alpha value is -1.42. The summed E-state index contributed by atoms with van der Waals surface area (Å²) in [4.78, 5) is 3.95. The van der Waals surface area contributed by atoms with Gasteiger partial charge < -0.3 is 0 Å². The van der Waals surface area contributed by atoms with E-state index in [9.17, 15) is 0 Å². The van der Waals surface area contributed by atoms with Gasteiger partial charge in [0.05, 0.1) is 0 Å². The highest BCUT2D eigenvalue weighted by molar-refractivity contribution is 7.71. The second kappa shape index (κ2) is 4.19. The van der Waals surface area contributed by atoms with Crippen molar-refractivity contribution in [1.82, 2.24) is 14.8 Å². The molecule has 72 valence electrons. The lowest BCUT2D eigenvalue weighted by Crippen LogP contribution is -2.02. The lowest BCUT2D eigenvalue weighted by Gasteiger charge is -2.01. The molecule has 4 heteroatoms. The van der Waals surface area contributed by atoms with Crippen LogP contribution in [-0.4, -0.2) is 14.8 Å². The fourth-order valence-electron chi connectivity index (χ4n) is 1.32. The van der Waals surface area contributed by atoms with Crippen molar-refractivity contribution in [3.63, 3.8) is 0 Å². The highest BCUT2D eigenvalue weighted by Crippen LogP contribution is 2.00. The van der Waals surface area contributed by atoms with Crippen LogP contribution in [0, 0.1) is 4.77 Å². The molecular weight excluding hydrogens is 194 g/mol. The number of aryl methyl sites for hydroxylation is 2. The van der Waals surface area contributed by atoms with Crippen LogP contribution in [0.1, 0.15) is 5.56 Å². The Morgan fingerprint density at radius 2 is 2.07 bits per heavy atom. The number of nitrogens with zero attached hydrogens (tertiary/aromatic N) is 2. The second-order valence-electron chi connectivity index (χ2n) is 3.06. The second-order valence-corrected chi connectivity index (χ2v) is 3.42. The minimum Gasteiger partial charge on any atom is -0.286 e. The van der Waals surface area contributed by atoms with E-state index in [1.165, 1.54) is 5.56 Å². The number of rotatable bonds is 3. The van der Waals surface area contributed by atoms with Gasteiger partial charge in [-0.3, -0.25) is 9.78 Å². The quantitative estimate of drug-likeness (QED) is 0.779. The molecule has 1 aromatic heterocycles. The number of H-pyrrole nitrogens is 1. The van der Waals surface area contributed by atoms with E-state index in [1.54, 1.807) is 6.33 Å². The van der Waals surface area contributed by atoms with E-state index >= 15 is 0 Å². The van der Waals surface area contributed by atoms with Crippen LogP contribution >= 0.6 is 12.2 Å². The molecule has 0 saturated heterocycles. The van der Waals surface area contributed by atoms with Gasteiger partial charge in [-0.25, -0.2) is 4.98 Å². The third kappa shape index (κ3) is 2.09. The van der Waals surface area contributed by atoms with E-state index in [-0.39, 0.29) is 0 Å². The minimum absolute atomic E-state index is 0.612. The van der Waals surface area contributed by atoms with E-state index < -0.39 is 0 Å². The number of aromatic nitrogens is 3. The van der Waals surface area contributed by atoms with Gasteiger partial charge in [-0.2, -0.15) is 0 Å². The van der Waals surface area contributed by atoms with E-state index in [1.807, 2.05) is 22.9 Å². The molecule has 1 heterocycles. The van der Waals surface area contributed by atoms with Crippen molar-refractivity contribution in [2.45, 2.75) is 13.0 Å². The van der Waals surface area contributed by atoms with Crippen LogP contribution in [0.25, 0.3) is 0 Å². The minimum atomic E-state index is 0.612. The fourth-order valence-corrected chi connectivity index (χ4v) is 1.52. The molecule has 0 atom stereocenters. The Labute approximate surface area is 87.4 Å². The largest absolute Gasteiger partial charge is 0.286 e. The van der Waals surface area contributed by atoms with Crippen molar-refractivity contribution < 1.29 is 0 Å². The van der Waals surface area contributed by atoms with Crippen LogP contribution < -0.4 is 0 Å². The van der Waals surface area contributed by atoms with E-state index in [2.05, 4.69) is 22.2 Å². The topological polar surface area (TPSA) is 33.6 Å². The molecule has 2 rings (SSSR count). The first-order valence-electron chi connectivity index (χ1n) is 4.50. The summed E-state index contributed by atoms with van der Waals surface area (Å²) in [7, 11) is 0. The first kappa shape index (κ1) is 9.15. The molecule has 0 spiro atoms. The van der Waals surface area contributed by atoms with Crippen LogP contribution in [0.2, 0.25) is 0 Å². The lowest BCUT2D eigenvalue weighted by molar-refractivity contribution is 0.605. The molecule has 2 aromatic rings. The Bertz CT molecular complexity index is 444. The van der Waals surface area contributed by atoms with Crippen molar-refractivity contribution in [2.24, 2.45) is 0 Å². The molecule has 0 saturated carbocycles. The summed E-state index contributed by atoms with van der Waals surface area (Å²) in [6.07, 6.45) is 2.59. The molecule has 14 heavy (non-hydrogen) atoms. The first-order chi connectivity index (χ1) is 6.86. The van der Waals surface area contributed by atoms with Crippen LogP contribution in [0.4, 0.5) is 0 Å². The molecule has 1 N–H and O–H groups in total. The van der Waals surface area contributed by atoms with Gasteiger partial charge in [0.15, 0.2) is 0 Å². The van der Waals surface area contributed by atoms with Gasteiger partial charge in [-0.1, -0.05) is 30.3 Å². The van der Waals surface area contributed by atoms with Crippen molar-refractivity contribution in [1.29, 1.82) is 0 Å². The summed E-state index contributed by atoms with van der Waals surface area (Å²) in [6.45, 7) is 0.850.